The summed E-state index contributed by atoms with van der Waals surface area (Å²) in [6, 6.07) is 4.55. The second-order valence-corrected chi connectivity index (χ2v) is 6.86. The van der Waals surface area contributed by atoms with Crippen LogP contribution in [-0.4, -0.2) is 31.4 Å². The molecule has 2 aromatic rings. The zero-order chi connectivity index (χ0) is 17.9. The summed E-state index contributed by atoms with van der Waals surface area (Å²) in [6.07, 6.45) is 2.23. The Balaban J connectivity index is 2.12. The molecule has 24 heavy (non-hydrogen) atoms. The van der Waals surface area contributed by atoms with Crippen LogP contribution in [0.3, 0.4) is 0 Å². The van der Waals surface area contributed by atoms with Crippen LogP contribution in [-0.2, 0) is 21.4 Å². The fraction of sp³-hybridized carbons (Fsp3) is 0.214. The Morgan fingerprint density at radius 3 is 2.50 bits per heavy atom. The lowest BCUT2D eigenvalue weighted by molar-refractivity contribution is -0.116. The SMILES string of the molecule is CS(=O)(=O)N(CC(=O)Nc1ccc(F)c(F)c1F)Cc1ccco1. The molecule has 0 atom stereocenters. The van der Waals surface area contributed by atoms with Gasteiger partial charge in [-0.2, -0.15) is 4.31 Å². The molecule has 1 N–H and O–H groups in total. The second kappa shape index (κ2) is 7.05. The van der Waals surface area contributed by atoms with Crippen molar-refractivity contribution in [2.24, 2.45) is 0 Å². The molecule has 0 radical (unpaired) electrons. The Kier molecular flexibility index (Phi) is 5.30. The highest BCUT2D eigenvalue weighted by Gasteiger charge is 2.23. The molecule has 6 nitrogen and oxygen atoms in total. The number of hydrogen-bond acceptors (Lipinski definition) is 4. The van der Waals surface area contributed by atoms with Gasteiger partial charge in [0.05, 0.1) is 31.3 Å². The molecule has 0 aliphatic carbocycles. The van der Waals surface area contributed by atoms with Crippen LogP contribution >= 0.6 is 0 Å². The van der Waals surface area contributed by atoms with Crippen molar-refractivity contribution < 1.29 is 30.8 Å². The topological polar surface area (TPSA) is 79.6 Å². The number of sulfonamides is 1. The van der Waals surface area contributed by atoms with E-state index in [2.05, 4.69) is 0 Å². The maximum atomic E-state index is 13.5. The number of hydrogen-bond donors (Lipinski definition) is 1. The smallest absolute Gasteiger partial charge is 0.239 e. The van der Waals surface area contributed by atoms with Gasteiger partial charge in [0.25, 0.3) is 0 Å². The van der Waals surface area contributed by atoms with Gasteiger partial charge in [0, 0.05) is 0 Å². The Morgan fingerprint density at radius 2 is 1.92 bits per heavy atom. The third-order valence-electron chi connectivity index (χ3n) is 3.01. The number of amides is 1. The number of nitrogens with zero attached hydrogens (tertiary/aromatic N) is 1. The number of nitrogens with one attached hydrogen (secondary N) is 1. The van der Waals surface area contributed by atoms with Crippen LogP contribution < -0.4 is 5.32 Å². The van der Waals surface area contributed by atoms with Crippen LogP contribution in [0.2, 0.25) is 0 Å². The molecule has 0 saturated carbocycles. The Morgan fingerprint density at radius 1 is 1.21 bits per heavy atom. The summed E-state index contributed by atoms with van der Waals surface area (Å²) in [5.41, 5.74) is -0.592. The van der Waals surface area contributed by atoms with E-state index in [4.69, 9.17) is 4.42 Å². The van der Waals surface area contributed by atoms with Crippen molar-refractivity contribution in [3.8, 4) is 0 Å². The normalized spacial score (nSPS) is 11.7. The summed E-state index contributed by atoms with van der Waals surface area (Å²) in [5, 5.41) is 2.00. The van der Waals surface area contributed by atoms with Crippen LogP contribution in [0.15, 0.2) is 34.9 Å². The van der Waals surface area contributed by atoms with Gasteiger partial charge in [0.2, 0.25) is 15.9 Å². The van der Waals surface area contributed by atoms with Gasteiger partial charge in [-0.1, -0.05) is 0 Å². The van der Waals surface area contributed by atoms with Crippen LogP contribution in [0.5, 0.6) is 0 Å². The maximum absolute atomic E-state index is 13.5. The third kappa shape index (κ3) is 4.36. The summed E-state index contributed by atoms with van der Waals surface area (Å²) < 4.78 is 68.8. The Bertz CT molecular complexity index is 838. The van der Waals surface area contributed by atoms with Gasteiger partial charge in [-0.3, -0.25) is 4.79 Å². The first-order chi connectivity index (χ1) is 11.2. The Labute approximate surface area is 135 Å². The molecule has 0 fully saturated rings. The van der Waals surface area contributed by atoms with Crippen molar-refractivity contribution in [3.63, 3.8) is 0 Å². The molecule has 0 bridgehead atoms. The summed E-state index contributed by atoms with van der Waals surface area (Å²) in [7, 11) is -3.77. The second-order valence-electron chi connectivity index (χ2n) is 4.88. The average molecular weight is 362 g/mol. The number of rotatable bonds is 6. The maximum Gasteiger partial charge on any atom is 0.239 e. The number of carbonyl (C=O) groups excluding carboxylic acids is 1. The highest BCUT2D eigenvalue weighted by atomic mass is 32.2. The third-order valence-corrected chi connectivity index (χ3v) is 4.21. The summed E-state index contributed by atoms with van der Waals surface area (Å²) in [5.74, 6) is -5.33. The highest BCUT2D eigenvalue weighted by molar-refractivity contribution is 7.88. The van der Waals surface area contributed by atoms with Crippen molar-refractivity contribution in [2.75, 3.05) is 18.1 Å². The van der Waals surface area contributed by atoms with Crippen molar-refractivity contribution in [1.29, 1.82) is 0 Å². The monoisotopic (exact) mass is 362 g/mol. The molecule has 0 aliphatic rings. The van der Waals surface area contributed by atoms with Crippen molar-refractivity contribution >= 4 is 21.6 Å². The van der Waals surface area contributed by atoms with Gasteiger partial charge < -0.3 is 9.73 Å². The van der Waals surface area contributed by atoms with Crippen molar-refractivity contribution in [3.05, 3.63) is 53.7 Å². The van der Waals surface area contributed by atoms with Gasteiger partial charge in [0.1, 0.15) is 5.76 Å². The first kappa shape index (κ1) is 18.0. The number of carbonyl (C=O) groups is 1. The molecule has 130 valence electrons. The fourth-order valence-corrected chi connectivity index (χ4v) is 2.55. The first-order valence-corrected chi connectivity index (χ1v) is 8.44. The van der Waals surface area contributed by atoms with Crippen LogP contribution in [0.25, 0.3) is 0 Å². The molecule has 1 aromatic carbocycles. The molecule has 0 spiro atoms. The first-order valence-electron chi connectivity index (χ1n) is 6.59. The largest absolute Gasteiger partial charge is 0.468 e. The van der Waals surface area contributed by atoms with Crippen LogP contribution in [0.4, 0.5) is 18.9 Å². The predicted octanol–water partition coefficient (Wildman–Crippen LogP) is 2.10. The number of furan rings is 1. The van der Waals surface area contributed by atoms with Gasteiger partial charge in [-0.05, 0) is 24.3 Å². The highest BCUT2D eigenvalue weighted by Crippen LogP contribution is 2.19. The molecule has 1 aromatic heterocycles. The number of halogens is 3. The van der Waals surface area contributed by atoms with E-state index in [1.165, 1.54) is 12.3 Å². The minimum absolute atomic E-state index is 0.209. The molecular formula is C14H13F3N2O4S. The summed E-state index contributed by atoms with van der Waals surface area (Å²) in [6.45, 7) is -0.864. The molecule has 0 saturated heterocycles. The minimum atomic E-state index is -3.77. The van der Waals surface area contributed by atoms with E-state index in [-0.39, 0.29) is 6.54 Å². The van der Waals surface area contributed by atoms with E-state index in [0.29, 0.717) is 11.8 Å². The molecule has 0 unspecified atom stereocenters. The molecule has 1 heterocycles. The van der Waals surface area contributed by atoms with E-state index in [0.717, 1.165) is 16.6 Å². The zero-order valence-corrected chi connectivity index (χ0v) is 13.2. The summed E-state index contributed by atoms with van der Waals surface area (Å²) >= 11 is 0. The zero-order valence-electron chi connectivity index (χ0n) is 12.4. The number of anilines is 1. The lowest BCUT2D eigenvalue weighted by Crippen LogP contribution is -2.37. The van der Waals surface area contributed by atoms with E-state index in [1.807, 2.05) is 5.32 Å². The minimum Gasteiger partial charge on any atom is -0.468 e. The van der Waals surface area contributed by atoms with E-state index in [9.17, 15) is 26.4 Å². The van der Waals surface area contributed by atoms with Gasteiger partial charge in [0.15, 0.2) is 17.5 Å². The van der Waals surface area contributed by atoms with E-state index in [1.54, 1.807) is 6.07 Å². The van der Waals surface area contributed by atoms with Crippen LogP contribution in [0.1, 0.15) is 5.76 Å². The van der Waals surface area contributed by atoms with E-state index >= 15 is 0 Å². The van der Waals surface area contributed by atoms with E-state index < -0.39 is 45.6 Å². The van der Waals surface area contributed by atoms with Gasteiger partial charge >= 0.3 is 0 Å². The van der Waals surface area contributed by atoms with Gasteiger partial charge in [-0.25, -0.2) is 21.6 Å². The van der Waals surface area contributed by atoms with Gasteiger partial charge in [-0.15, -0.1) is 0 Å². The quantitative estimate of drug-likeness (QED) is 0.798. The lowest BCUT2D eigenvalue weighted by Gasteiger charge is -2.18. The molecule has 0 aliphatic heterocycles. The predicted molar refractivity (Wildman–Crippen MR) is 78.9 cm³/mol. The standard InChI is InChI=1S/C14H13F3N2O4S/c1-24(21,22)19(7-9-3-2-6-23-9)8-12(20)18-11-5-4-10(15)13(16)14(11)17/h2-6H,7-8H2,1H3,(H,18,20). The summed E-state index contributed by atoms with van der Waals surface area (Å²) in [4.78, 5) is 11.9. The molecule has 2 rings (SSSR count). The molecular weight excluding hydrogens is 349 g/mol. The fourth-order valence-electron chi connectivity index (χ4n) is 1.84. The molecule has 1 amide bonds. The molecule has 10 heteroatoms. The average Bonchev–Trinajstić information content (AvgIpc) is 2.99. The Hall–Kier alpha value is -2.33. The van der Waals surface area contributed by atoms with Crippen LogP contribution in [0, 0.1) is 17.5 Å². The number of benzene rings is 1. The van der Waals surface area contributed by atoms with Crippen molar-refractivity contribution in [1.82, 2.24) is 4.31 Å². The lowest BCUT2D eigenvalue weighted by atomic mass is 10.2. The van der Waals surface area contributed by atoms with Crippen molar-refractivity contribution in [2.45, 2.75) is 6.54 Å².